The fourth-order valence-corrected chi connectivity index (χ4v) is 3.54. The summed E-state index contributed by atoms with van der Waals surface area (Å²) in [6, 6.07) is 10.6. The van der Waals surface area contributed by atoms with Crippen LogP contribution in [0.2, 0.25) is 0 Å². The van der Waals surface area contributed by atoms with Crippen molar-refractivity contribution >= 4 is 33.3 Å². The van der Waals surface area contributed by atoms with E-state index in [-0.39, 0.29) is 11.3 Å². The van der Waals surface area contributed by atoms with E-state index in [1.165, 1.54) is 4.57 Å². The van der Waals surface area contributed by atoms with Crippen LogP contribution in [0.4, 0.5) is 14.5 Å². The summed E-state index contributed by atoms with van der Waals surface area (Å²) in [6.45, 7) is 4.00. The predicted molar refractivity (Wildman–Crippen MR) is 110 cm³/mol. The molecule has 3 aromatic carbocycles. The summed E-state index contributed by atoms with van der Waals surface area (Å²) < 4.78 is 35.8. The molecule has 0 fully saturated rings. The lowest BCUT2D eigenvalue weighted by Crippen LogP contribution is -2.22. The van der Waals surface area contributed by atoms with Crippen LogP contribution in [0.25, 0.3) is 27.4 Å². The van der Waals surface area contributed by atoms with Crippen LogP contribution in [0.1, 0.15) is 24.2 Å². The molecule has 3 N–H and O–H groups in total. The number of benzene rings is 3. The van der Waals surface area contributed by atoms with Crippen LogP contribution >= 0.6 is 0 Å². The Balaban J connectivity index is 0.00000106. The maximum absolute atomic E-state index is 14.6. The number of aromatic nitrogens is 1. The zero-order chi connectivity index (χ0) is 21.7. The summed E-state index contributed by atoms with van der Waals surface area (Å²) >= 11 is 0. The molecule has 0 bridgehead atoms. The monoisotopic (exact) mass is 410 g/mol. The molecule has 8 heteroatoms. The molecule has 0 amide bonds. The van der Waals surface area contributed by atoms with Crippen molar-refractivity contribution in [3.8, 4) is 17.2 Å². The van der Waals surface area contributed by atoms with E-state index in [1.807, 2.05) is 38.1 Å². The molecule has 0 aliphatic carbocycles. The van der Waals surface area contributed by atoms with E-state index in [2.05, 4.69) is 0 Å². The van der Waals surface area contributed by atoms with Crippen molar-refractivity contribution in [2.75, 3.05) is 5.73 Å². The molecule has 0 radical (unpaired) electrons. The van der Waals surface area contributed by atoms with Crippen molar-refractivity contribution in [3.63, 3.8) is 0 Å². The highest BCUT2D eigenvalue weighted by Crippen LogP contribution is 2.45. The molecule has 0 unspecified atom stereocenters. The molecule has 0 saturated heterocycles. The summed E-state index contributed by atoms with van der Waals surface area (Å²) in [5, 5.41) is 10.6. The smallest absolute Gasteiger partial charge is 0.341 e. The molecule has 6 nitrogen and oxygen atoms in total. The number of ether oxygens (including phenoxy) is 1. The van der Waals surface area contributed by atoms with Crippen LogP contribution in [0.3, 0.4) is 0 Å². The molecular weight excluding hydrogens is 394 g/mol. The van der Waals surface area contributed by atoms with Crippen molar-refractivity contribution in [2.45, 2.75) is 13.8 Å². The van der Waals surface area contributed by atoms with Gasteiger partial charge in [-0.05, 0) is 22.9 Å². The second kappa shape index (κ2) is 6.84. The first-order chi connectivity index (χ1) is 14.4. The first-order valence-corrected chi connectivity index (χ1v) is 9.18. The van der Waals surface area contributed by atoms with Gasteiger partial charge in [0.25, 0.3) is 0 Å². The van der Waals surface area contributed by atoms with Crippen LogP contribution in [-0.2, 0) is 0 Å². The van der Waals surface area contributed by atoms with Gasteiger partial charge < -0.3 is 20.1 Å². The Morgan fingerprint density at radius 3 is 2.37 bits per heavy atom. The normalized spacial score (nSPS) is 11.5. The minimum Gasteiger partial charge on any atom is -0.477 e. The number of nitrogens with zero attached hydrogens (tertiary/aromatic N) is 1. The largest absolute Gasteiger partial charge is 0.477 e. The minimum atomic E-state index is -1.50. The van der Waals surface area contributed by atoms with Gasteiger partial charge >= 0.3 is 5.97 Å². The highest BCUT2D eigenvalue weighted by atomic mass is 19.2. The van der Waals surface area contributed by atoms with Crippen molar-refractivity contribution < 1.29 is 23.4 Å². The van der Waals surface area contributed by atoms with Crippen LogP contribution in [-0.4, -0.2) is 15.6 Å². The van der Waals surface area contributed by atoms with Gasteiger partial charge in [0.05, 0.1) is 16.8 Å². The van der Waals surface area contributed by atoms with E-state index in [4.69, 9.17) is 10.5 Å². The third-order valence-corrected chi connectivity index (χ3v) is 4.85. The number of aromatic carboxylic acids is 1. The van der Waals surface area contributed by atoms with Crippen molar-refractivity contribution in [1.29, 1.82) is 0 Å². The van der Waals surface area contributed by atoms with Gasteiger partial charge in [0.2, 0.25) is 11.2 Å². The Bertz CT molecular complexity index is 1430. The third kappa shape index (κ3) is 2.53. The molecule has 2 heterocycles. The summed E-state index contributed by atoms with van der Waals surface area (Å²) in [6.07, 6.45) is 1.07. The Kier molecular flexibility index (Phi) is 4.42. The van der Waals surface area contributed by atoms with Crippen LogP contribution in [0.5, 0.6) is 11.5 Å². The first kappa shape index (κ1) is 19.4. The number of carboxylic acid groups (broad SMARTS) is 1. The molecule has 4 aromatic rings. The van der Waals surface area contributed by atoms with Crippen LogP contribution in [0, 0.1) is 11.6 Å². The molecule has 0 saturated carbocycles. The average molecular weight is 410 g/mol. The number of fused-ring (bicyclic) bond motifs is 3. The van der Waals surface area contributed by atoms with Gasteiger partial charge in [0, 0.05) is 6.20 Å². The zero-order valence-electron chi connectivity index (χ0n) is 16.0. The van der Waals surface area contributed by atoms with Crippen LogP contribution in [0.15, 0.2) is 47.4 Å². The van der Waals surface area contributed by atoms with E-state index < -0.39 is 45.4 Å². The number of carboxylic acids is 1. The van der Waals surface area contributed by atoms with Gasteiger partial charge in [-0.3, -0.25) is 4.79 Å². The maximum atomic E-state index is 14.6. The van der Waals surface area contributed by atoms with Gasteiger partial charge in [-0.15, -0.1) is 0 Å². The summed E-state index contributed by atoms with van der Waals surface area (Å²) in [5.74, 6) is -4.64. The molecule has 0 spiro atoms. The van der Waals surface area contributed by atoms with E-state index >= 15 is 0 Å². The number of halogens is 2. The van der Waals surface area contributed by atoms with E-state index in [9.17, 15) is 23.5 Å². The predicted octanol–water partition coefficient (Wildman–Crippen LogP) is 4.83. The average Bonchev–Trinajstić information content (AvgIpc) is 2.75. The Morgan fingerprint density at radius 1 is 1.10 bits per heavy atom. The van der Waals surface area contributed by atoms with E-state index in [0.717, 1.165) is 17.0 Å². The highest BCUT2D eigenvalue weighted by molar-refractivity contribution is 6.02. The lowest BCUT2D eigenvalue weighted by molar-refractivity contribution is 0.0695. The topological polar surface area (TPSA) is 94.5 Å². The zero-order valence-corrected chi connectivity index (χ0v) is 16.0. The second-order valence-corrected chi connectivity index (χ2v) is 6.41. The number of anilines is 1. The SMILES string of the molecule is CC.Nc1c(F)c(F)c2c3c1c(=O)c(C(=O)O)cn3-c1cc3ccccc3cc1O2. The fourth-order valence-electron chi connectivity index (χ4n) is 3.54. The number of pyridine rings is 1. The maximum Gasteiger partial charge on any atom is 0.341 e. The van der Waals surface area contributed by atoms with Crippen molar-refractivity contribution in [2.24, 2.45) is 0 Å². The van der Waals surface area contributed by atoms with E-state index in [1.54, 1.807) is 12.1 Å². The number of nitrogen functional groups attached to an aromatic ring is 1. The first-order valence-electron chi connectivity index (χ1n) is 9.18. The molecule has 1 aliphatic rings. The molecule has 152 valence electrons. The molecule has 5 rings (SSSR count). The lowest BCUT2D eigenvalue weighted by Gasteiger charge is -2.25. The molecule has 1 aromatic heterocycles. The Morgan fingerprint density at radius 2 is 1.73 bits per heavy atom. The summed E-state index contributed by atoms with van der Waals surface area (Å²) in [7, 11) is 0. The van der Waals surface area contributed by atoms with E-state index in [0.29, 0.717) is 5.69 Å². The fraction of sp³-hybridized carbons (Fsp3) is 0.0909. The second-order valence-electron chi connectivity index (χ2n) is 6.41. The number of hydrogen-bond acceptors (Lipinski definition) is 4. The van der Waals surface area contributed by atoms with Gasteiger partial charge in [0.1, 0.15) is 11.1 Å². The van der Waals surface area contributed by atoms with Gasteiger partial charge in [-0.2, -0.15) is 4.39 Å². The highest BCUT2D eigenvalue weighted by Gasteiger charge is 2.31. The van der Waals surface area contributed by atoms with Gasteiger partial charge in [-0.1, -0.05) is 38.1 Å². The Labute approximate surface area is 168 Å². The quantitative estimate of drug-likeness (QED) is 0.386. The van der Waals surface area contributed by atoms with Gasteiger partial charge in [-0.25, -0.2) is 9.18 Å². The standard InChI is InChI=1S/C20H10F2N2O4.C2H6/c21-14-15(22)19-17-13(16(14)23)18(25)10(20(26)27)7-24(17)11-5-8-3-1-2-4-9(8)6-12(11)28-19;1-2/h1-7H,23H2,(H,26,27);1-2H3. The lowest BCUT2D eigenvalue weighted by atomic mass is 10.0. The van der Waals surface area contributed by atoms with Gasteiger partial charge in [0.15, 0.2) is 17.3 Å². The summed E-state index contributed by atoms with van der Waals surface area (Å²) in [4.78, 5) is 24.2. The molecular formula is C22H16F2N2O4. The Hall–Kier alpha value is -3.94. The summed E-state index contributed by atoms with van der Waals surface area (Å²) in [5.41, 5.74) is 3.52. The van der Waals surface area contributed by atoms with Crippen molar-refractivity contribution in [1.82, 2.24) is 4.57 Å². The number of rotatable bonds is 1. The molecule has 30 heavy (non-hydrogen) atoms. The number of nitrogens with two attached hydrogens (primary N) is 1. The minimum absolute atomic E-state index is 0.116. The molecule has 0 atom stereocenters. The molecule has 1 aliphatic heterocycles. The van der Waals surface area contributed by atoms with Crippen LogP contribution < -0.4 is 15.9 Å². The third-order valence-electron chi connectivity index (χ3n) is 4.85. The van der Waals surface area contributed by atoms with Crippen molar-refractivity contribution in [3.05, 3.63) is 70.0 Å². The number of hydrogen-bond donors (Lipinski definition) is 2. The number of carbonyl (C=O) groups is 1.